The summed E-state index contributed by atoms with van der Waals surface area (Å²) in [7, 11) is 0. The predicted molar refractivity (Wildman–Crippen MR) is 116 cm³/mol. The maximum absolute atomic E-state index is 12.4. The summed E-state index contributed by atoms with van der Waals surface area (Å²) in [6.07, 6.45) is 8.14. The number of benzene rings is 1. The van der Waals surface area contributed by atoms with Gasteiger partial charge in [-0.1, -0.05) is 6.42 Å². The molecule has 0 radical (unpaired) electrons. The van der Waals surface area contributed by atoms with Crippen LogP contribution in [0.25, 0.3) is 0 Å². The molecule has 4 rings (SSSR count). The van der Waals surface area contributed by atoms with Crippen molar-refractivity contribution in [1.29, 1.82) is 0 Å². The predicted octanol–water partition coefficient (Wildman–Crippen LogP) is 4.30. The van der Waals surface area contributed by atoms with E-state index in [0.29, 0.717) is 6.42 Å². The molecule has 2 aliphatic rings. The van der Waals surface area contributed by atoms with E-state index in [4.69, 9.17) is 0 Å². The number of thiazole rings is 1. The van der Waals surface area contributed by atoms with Gasteiger partial charge in [0.15, 0.2) is 0 Å². The summed E-state index contributed by atoms with van der Waals surface area (Å²) in [5.74, 6) is 0.000505. The molecule has 1 aromatic carbocycles. The molecular formula is C22H30N4OS. The van der Waals surface area contributed by atoms with Gasteiger partial charge in [0.25, 0.3) is 0 Å². The van der Waals surface area contributed by atoms with Crippen LogP contribution in [0.4, 0.5) is 11.4 Å². The van der Waals surface area contributed by atoms with Crippen LogP contribution in [0.15, 0.2) is 29.6 Å². The van der Waals surface area contributed by atoms with Crippen molar-refractivity contribution in [2.24, 2.45) is 0 Å². The molecule has 3 heterocycles. The van der Waals surface area contributed by atoms with Crippen molar-refractivity contribution in [3.05, 3.63) is 40.3 Å². The monoisotopic (exact) mass is 398 g/mol. The normalized spacial score (nSPS) is 18.2. The molecule has 2 aromatic rings. The molecule has 28 heavy (non-hydrogen) atoms. The Bertz CT molecular complexity index is 761. The number of carbonyl (C=O) groups is 1. The SMILES string of the molecule is O=C(Cc1csc(CN2CCCCC2)n1)Nc1ccc(N2CCCCC2)cc1. The van der Waals surface area contributed by atoms with Crippen LogP contribution in [0.2, 0.25) is 0 Å². The van der Waals surface area contributed by atoms with Crippen molar-refractivity contribution >= 4 is 28.6 Å². The smallest absolute Gasteiger partial charge is 0.230 e. The van der Waals surface area contributed by atoms with Crippen LogP contribution in [-0.4, -0.2) is 42.0 Å². The Balaban J connectivity index is 1.27. The summed E-state index contributed by atoms with van der Waals surface area (Å²) < 4.78 is 0. The number of likely N-dealkylation sites (tertiary alicyclic amines) is 1. The van der Waals surface area contributed by atoms with Crippen LogP contribution in [-0.2, 0) is 17.8 Å². The van der Waals surface area contributed by atoms with Gasteiger partial charge >= 0.3 is 0 Å². The molecule has 0 aliphatic carbocycles. The first kappa shape index (κ1) is 19.4. The van der Waals surface area contributed by atoms with E-state index in [9.17, 15) is 4.79 Å². The van der Waals surface area contributed by atoms with Crippen LogP contribution in [0.3, 0.4) is 0 Å². The molecule has 150 valence electrons. The summed E-state index contributed by atoms with van der Waals surface area (Å²) in [4.78, 5) is 22.0. The highest BCUT2D eigenvalue weighted by atomic mass is 32.1. The number of nitrogens with one attached hydrogen (secondary N) is 1. The zero-order chi connectivity index (χ0) is 19.2. The lowest BCUT2D eigenvalue weighted by molar-refractivity contribution is -0.115. The maximum Gasteiger partial charge on any atom is 0.230 e. The van der Waals surface area contributed by atoms with Gasteiger partial charge in [-0.15, -0.1) is 11.3 Å². The molecule has 0 bridgehead atoms. The highest BCUT2D eigenvalue weighted by Gasteiger charge is 2.14. The van der Waals surface area contributed by atoms with Gasteiger partial charge in [-0.05, 0) is 69.5 Å². The second-order valence-corrected chi connectivity index (χ2v) is 8.83. The lowest BCUT2D eigenvalue weighted by Crippen LogP contribution is -2.29. The molecule has 6 heteroatoms. The lowest BCUT2D eigenvalue weighted by atomic mass is 10.1. The standard InChI is InChI=1S/C22H30N4OS/c27-21(15-19-17-28-22(24-19)16-25-11-3-1-4-12-25)23-18-7-9-20(10-8-18)26-13-5-2-6-14-26/h7-10,17H,1-6,11-16H2,(H,23,27). The number of aromatic nitrogens is 1. The third-order valence-corrected chi connectivity index (χ3v) is 6.50. The third-order valence-electron chi connectivity index (χ3n) is 5.62. The van der Waals surface area contributed by atoms with Crippen molar-refractivity contribution in [2.75, 3.05) is 36.4 Å². The van der Waals surface area contributed by atoms with Crippen molar-refractivity contribution in [3.8, 4) is 0 Å². The zero-order valence-electron chi connectivity index (χ0n) is 16.5. The van der Waals surface area contributed by atoms with Crippen LogP contribution in [0.1, 0.15) is 49.2 Å². The minimum atomic E-state index is 0.000505. The van der Waals surface area contributed by atoms with E-state index in [0.717, 1.165) is 36.0 Å². The van der Waals surface area contributed by atoms with E-state index in [1.54, 1.807) is 11.3 Å². The molecule has 1 amide bonds. The third kappa shape index (κ3) is 5.32. The Morgan fingerprint density at radius 2 is 1.64 bits per heavy atom. The van der Waals surface area contributed by atoms with Crippen LogP contribution in [0.5, 0.6) is 0 Å². The highest BCUT2D eigenvalue weighted by Crippen LogP contribution is 2.22. The topological polar surface area (TPSA) is 48.5 Å². The number of hydrogen-bond acceptors (Lipinski definition) is 5. The summed E-state index contributed by atoms with van der Waals surface area (Å²) in [5.41, 5.74) is 2.98. The summed E-state index contributed by atoms with van der Waals surface area (Å²) >= 11 is 1.67. The molecule has 0 spiro atoms. The second-order valence-electron chi connectivity index (χ2n) is 7.89. The average Bonchev–Trinajstić information content (AvgIpc) is 3.16. The Morgan fingerprint density at radius 1 is 0.964 bits per heavy atom. The average molecular weight is 399 g/mol. The molecule has 2 aliphatic heterocycles. The van der Waals surface area contributed by atoms with E-state index >= 15 is 0 Å². The van der Waals surface area contributed by atoms with Gasteiger partial charge in [-0.25, -0.2) is 4.98 Å². The Kier molecular flexibility index (Phi) is 6.60. The van der Waals surface area contributed by atoms with E-state index in [2.05, 4.69) is 32.2 Å². The first-order chi connectivity index (χ1) is 13.8. The van der Waals surface area contributed by atoms with Gasteiger partial charge in [-0.2, -0.15) is 0 Å². The van der Waals surface area contributed by atoms with E-state index in [-0.39, 0.29) is 5.91 Å². The zero-order valence-corrected chi connectivity index (χ0v) is 17.3. The molecule has 0 unspecified atom stereocenters. The van der Waals surface area contributed by atoms with Crippen molar-refractivity contribution in [2.45, 2.75) is 51.5 Å². The van der Waals surface area contributed by atoms with Crippen LogP contribution < -0.4 is 10.2 Å². The van der Waals surface area contributed by atoms with Crippen LogP contribution >= 0.6 is 11.3 Å². The molecule has 1 N–H and O–H groups in total. The number of amides is 1. The molecule has 2 saturated heterocycles. The number of rotatable bonds is 6. The number of hydrogen-bond donors (Lipinski definition) is 1. The first-order valence-corrected chi connectivity index (χ1v) is 11.4. The fourth-order valence-electron chi connectivity index (χ4n) is 4.09. The quantitative estimate of drug-likeness (QED) is 0.788. The summed E-state index contributed by atoms with van der Waals surface area (Å²) in [6.45, 7) is 5.53. The number of piperidine rings is 2. The maximum atomic E-state index is 12.4. The fraction of sp³-hybridized carbons (Fsp3) is 0.545. The fourth-order valence-corrected chi connectivity index (χ4v) is 4.92. The second kappa shape index (κ2) is 9.52. The summed E-state index contributed by atoms with van der Waals surface area (Å²) in [6, 6.07) is 8.23. The van der Waals surface area contributed by atoms with Gasteiger partial charge in [0.1, 0.15) is 5.01 Å². The Hall–Kier alpha value is -1.92. The highest BCUT2D eigenvalue weighted by molar-refractivity contribution is 7.09. The number of nitrogens with zero attached hydrogens (tertiary/aromatic N) is 3. The molecule has 0 saturated carbocycles. The summed E-state index contributed by atoms with van der Waals surface area (Å²) in [5, 5.41) is 6.15. The lowest BCUT2D eigenvalue weighted by Gasteiger charge is -2.28. The molecule has 0 atom stereocenters. The van der Waals surface area contributed by atoms with Gasteiger partial charge in [0.05, 0.1) is 18.7 Å². The van der Waals surface area contributed by atoms with Crippen molar-refractivity contribution in [1.82, 2.24) is 9.88 Å². The van der Waals surface area contributed by atoms with E-state index in [1.807, 2.05) is 17.5 Å². The molecule has 5 nitrogen and oxygen atoms in total. The van der Waals surface area contributed by atoms with Crippen molar-refractivity contribution in [3.63, 3.8) is 0 Å². The van der Waals surface area contributed by atoms with Gasteiger partial charge < -0.3 is 10.2 Å². The molecular weight excluding hydrogens is 368 g/mol. The van der Waals surface area contributed by atoms with E-state index in [1.165, 1.54) is 57.3 Å². The first-order valence-electron chi connectivity index (χ1n) is 10.6. The Morgan fingerprint density at radius 3 is 2.36 bits per heavy atom. The minimum Gasteiger partial charge on any atom is -0.372 e. The van der Waals surface area contributed by atoms with Crippen LogP contribution in [0, 0.1) is 0 Å². The van der Waals surface area contributed by atoms with E-state index < -0.39 is 0 Å². The largest absolute Gasteiger partial charge is 0.372 e. The van der Waals surface area contributed by atoms with Crippen molar-refractivity contribution < 1.29 is 4.79 Å². The Labute approximate surface area is 171 Å². The molecule has 1 aromatic heterocycles. The van der Waals surface area contributed by atoms with Gasteiger partial charge in [0.2, 0.25) is 5.91 Å². The van der Waals surface area contributed by atoms with Gasteiger partial charge in [0, 0.05) is 29.8 Å². The number of carbonyl (C=O) groups excluding carboxylic acids is 1. The minimum absolute atomic E-state index is 0.000505. The number of anilines is 2. The van der Waals surface area contributed by atoms with Gasteiger partial charge in [-0.3, -0.25) is 9.69 Å². The molecule has 2 fully saturated rings.